The maximum Gasteiger partial charge on any atom is 0.143 e. The number of methoxy groups -OCH3 is 1. The summed E-state index contributed by atoms with van der Waals surface area (Å²) in [4.78, 5) is 0. The quantitative estimate of drug-likeness (QED) is 0.855. The molecule has 0 amide bonds. The van der Waals surface area contributed by atoms with Crippen molar-refractivity contribution in [2.45, 2.75) is 26.4 Å². The van der Waals surface area contributed by atoms with Gasteiger partial charge in [0.2, 0.25) is 0 Å². The molecule has 1 atom stereocenters. The second-order valence-corrected chi connectivity index (χ2v) is 4.79. The van der Waals surface area contributed by atoms with Gasteiger partial charge >= 0.3 is 0 Å². The summed E-state index contributed by atoms with van der Waals surface area (Å²) in [6, 6.07) is 7.14. The van der Waals surface area contributed by atoms with E-state index in [0.717, 1.165) is 0 Å². The van der Waals surface area contributed by atoms with Crippen LogP contribution in [0.4, 0.5) is 4.39 Å². The molecule has 0 spiro atoms. The highest BCUT2D eigenvalue weighted by molar-refractivity contribution is 5.39. The fourth-order valence-corrected chi connectivity index (χ4v) is 1.59. The van der Waals surface area contributed by atoms with Gasteiger partial charge in [-0.1, -0.05) is 32.0 Å². The van der Waals surface area contributed by atoms with Crippen LogP contribution < -0.4 is 10.5 Å². The highest BCUT2D eigenvalue weighted by Gasteiger charge is 2.43. The van der Waals surface area contributed by atoms with E-state index in [4.69, 9.17) is 10.5 Å². The van der Waals surface area contributed by atoms with E-state index in [1.165, 1.54) is 0 Å². The molecule has 0 aromatic heterocycles. The molecule has 0 fully saturated rings. The lowest BCUT2D eigenvalue weighted by molar-refractivity contribution is 0.0348. The zero-order chi connectivity index (χ0) is 12.4. The third-order valence-corrected chi connectivity index (χ3v) is 3.39. The van der Waals surface area contributed by atoms with Crippen LogP contribution in [-0.2, 0) is 5.67 Å². The lowest BCUT2D eigenvalue weighted by Gasteiger charge is -2.37. The predicted molar refractivity (Wildman–Crippen MR) is 64.3 cm³/mol. The Hall–Kier alpha value is -1.09. The van der Waals surface area contributed by atoms with Crippen molar-refractivity contribution in [2.24, 2.45) is 11.1 Å². The van der Waals surface area contributed by atoms with Gasteiger partial charge < -0.3 is 10.5 Å². The molecular weight excluding hydrogens is 205 g/mol. The summed E-state index contributed by atoms with van der Waals surface area (Å²) in [5.41, 5.74) is 4.03. The smallest absolute Gasteiger partial charge is 0.143 e. The molecule has 0 aliphatic heterocycles. The summed E-state index contributed by atoms with van der Waals surface area (Å²) < 4.78 is 20.1. The van der Waals surface area contributed by atoms with Crippen molar-refractivity contribution >= 4 is 0 Å². The molecule has 2 N–H and O–H groups in total. The van der Waals surface area contributed by atoms with E-state index in [1.54, 1.807) is 26.2 Å². The Morgan fingerprint density at radius 2 is 1.81 bits per heavy atom. The van der Waals surface area contributed by atoms with Crippen LogP contribution in [0.5, 0.6) is 5.75 Å². The van der Waals surface area contributed by atoms with Gasteiger partial charge in [0.1, 0.15) is 11.4 Å². The summed E-state index contributed by atoms with van der Waals surface area (Å²) in [6.07, 6.45) is 0. The van der Waals surface area contributed by atoms with E-state index in [2.05, 4.69) is 0 Å². The second-order valence-electron chi connectivity index (χ2n) is 4.79. The third kappa shape index (κ3) is 2.05. The van der Waals surface area contributed by atoms with Gasteiger partial charge in [0, 0.05) is 17.5 Å². The number of benzene rings is 1. The fourth-order valence-electron chi connectivity index (χ4n) is 1.59. The van der Waals surface area contributed by atoms with Crippen molar-refractivity contribution in [3.05, 3.63) is 29.8 Å². The van der Waals surface area contributed by atoms with E-state index in [1.807, 2.05) is 26.0 Å². The summed E-state index contributed by atoms with van der Waals surface area (Å²) >= 11 is 0. The van der Waals surface area contributed by atoms with Gasteiger partial charge in [-0.15, -0.1) is 0 Å². The lowest BCUT2D eigenvalue weighted by Crippen LogP contribution is -2.41. The van der Waals surface area contributed by atoms with Crippen LogP contribution in [0.25, 0.3) is 0 Å². The molecule has 1 rings (SSSR count). The summed E-state index contributed by atoms with van der Waals surface area (Å²) in [7, 11) is 1.55. The SMILES string of the molecule is COc1ccccc1C(C)(F)C(C)(C)CN. The number of alkyl halides is 1. The van der Waals surface area contributed by atoms with Gasteiger partial charge in [-0.2, -0.15) is 0 Å². The van der Waals surface area contributed by atoms with Crippen LogP contribution in [-0.4, -0.2) is 13.7 Å². The maximum absolute atomic E-state index is 14.9. The van der Waals surface area contributed by atoms with E-state index in [0.29, 0.717) is 11.3 Å². The van der Waals surface area contributed by atoms with Gasteiger partial charge in [0.15, 0.2) is 0 Å². The van der Waals surface area contributed by atoms with Crippen molar-refractivity contribution in [3.63, 3.8) is 0 Å². The van der Waals surface area contributed by atoms with E-state index in [9.17, 15) is 4.39 Å². The molecule has 3 heteroatoms. The molecule has 0 radical (unpaired) electrons. The number of hydrogen-bond acceptors (Lipinski definition) is 2. The number of nitrogens with two attached hydrogens (primary N) is 1. The third-order valence-electron chi connectivity index (χ3n) is 3.39. The molecule has 1 aromatic carbocycles. The Labute approximate surface area is 96.6 Å². The molecule has 90 valence electrons. The molecule has 1 aromatic rings. The minimum absolute atomic E-state index is 0.276. The van der Waals surface area contributed by atoms with Gasteiger partial charge in [-0.25, -0.2) is 4.39 Å². The van der Waals surface area contributed by atoms with Crippen molar-refractivity contribution in [2.75, 3.05) is 13.7 Å². The average Bonchev–Trinajstić information content (AvgIpc) is 2.28. The predicted octanol–water partition coefficient (Wildman–Crippen LogP) is 2.86. The average molecular weight is 225 g/mol. The number of hydrogen-bond donors (Lipinski definition) is 1. The van der Waals surface area contributed by atoms with Crippen molar-refractivity contribution in [1.82, 2.24) is 0 Å². The van der Waals surface area contributed by atoms with Crippen molar-refractivity contribution < 1.29 is 9.13 Å². The highest BCUT2D eigenvalue weighted by atomic mass is 19.1. The Bertz CT molecular complexity index is 361. The molecular formula is C13H20FNO. The highest BCUT2D eigenvalue weighted by Crippen LogP contribution is 2.45. The molecule has 0 saturated heterocycles. The zero-order valence-electron chi connectivity index (χ0n) is 10.4. The van der Waals surface area contributed by atoms with E-state index in [-0.39, 0.29) is 6.54 Å². The molecule has 0 bridgehead atoms. The number of rotatable bonds is 4. The van der Waals surface area contributed by atoms with Crippen LogP contribution in [0.1, 0.15) is 26.3 Å². The maximum atomic E-state index is 14.9. The van der Waals surface area contributed by atoms with Crippen LogP contribution in [0.15, 0.2) is 24.3 Å². The minimum Gasteiger partial charge on any atom is -0.496 e. The van der Waals surface area contributed by atoms with Crippen LogP contribution in [0, 0.1) is 5.41 Å². The van der Waals surface area contributed by atoms with Gasteiger partial charge in [-0.05, 0) is 13.0 Å². The first-order chi connectivity index (χ1) is 7.36. The normalized spacial score (nSPS) is 15.6. The standard InChI is InChI=1S/C13H20FNO/c1-12(2,9-15)13(3,14)10-7-5-6-8-11(10)16-4/h5-8H,9,15H2,1-4H3. The van der Waals surface area contributed by atoms with Gasteiger partial charge in [0.05, 0.1) is 7.11 Å². The van der Waals surface area contributed by atoms with Gasteiger partial charge in [0.25, 0.3) is 0 Å². The first kappa shape index (κ1) is 13.0. The van der Waals surface area contributed by atoms with Crippen LogP contribution >= 0.6 is 0 Å². The van der Waals surface area contributed by atoms with Gasteiger partial charge in [-0.3, -0.25) is 0 Å². The largest absolute Gasteiger partial charge is 0.496 e. The fraction of sp³-hybridized carbons (Fsp3) is 0.538. The Balaban J connectivity index is 3.26. The summed E-state index contributed by atoms with van der Waals surface area (Å²) in [5, 5.41) is 0. The first-order valence-corrected chi connectivity index (χ1v) is 5.39. The summed E-state index contributed by atoms with van der Waals surface area (Å²) in [6.45, 7) is 5.47. The Morgan fingerprint density at radius 1 is 1.25 bits per heavy atom. The van der Waals surface area contributed by atoms with E-state index >= 15 is 0 Å². The number of halogens is 1. The molecule has 0 aliphatic carbocycles. The summed E-state index contributed by atoms with van der Waals surface area (Å²) in [5.74, 6) is 0.564. The minimum atomic E-state index is -1.52. The lowest BCUT2D eigenvalue weighted by atomic mass is 9.73. The Morgan fingerprint density at radius 3 is 2.31 bits per heavy atom. The topological polar surface area (TPSA) is 35.2 Å². The number of para-hydroxylation sites is 1. The van der Waals surface area contributed by atoms with Crippen LogP contribution in [0.2, 0.25) is 0 Å². The van der Waals surface area contributed by atoms with Crippen molar-refractivity contribution in [3.8, 4) is 5.75 Å². The molecule has 0 saturated carbocycles. The zero-order valence-corrected chi connectivity index (χ0v) is 10.4. The molecule has 1 unspecified atom stereocenters. The number of ether oxygens (including phenoxy) is 1. The molecule has 0 aliphatic rings. The first-order valence-electron chi connectivity index (χ1n) is 5.39. The van der Waals surface area contributed by atoms with E-state index < -0.39 is 11.1 Å². The second kappa shape index (κ2) is 4.42. The Kier molecular flexibility index (Phi) is 3.58. The van der Waals surface area contributed by atoms with Crippen LogP contribution in [0.3, 0.4) is 0 Å². The molecule has 2 nitrogen and oxygen atoms in total. The van der Waals surface area contributed by atoms with Crippen molar-refractivity contribution in [1.29, 1.82) is 0 Å². The molecule has 16 heavy (non-hydrogen) atoms. The monoisotopic (exact) mass is 225 g/mol. The molecule has 0 heterocycles.